The van der Waals surface area contributed by atoms with E-state index in [0.717, 1.165) is 37.9 Å². The number of aliphatic hydroxyl groups is 1. The van der Waals surface area contributed by atoms with Crippen molar-refractivity contribution in [1.82, 2.24) is 4.90 Å². The number of benzene rings is 1. The quantitative estimate of drug-likeness (QED) is 0.890. The molecule has 1 aromatic rings. The fourth-order valence-corrected chi connectivity index (χ4v) is 2.62. The van der Waals surface area contributed by atoms with Crippen LogP contribution in [0.3, 0.4) is 0 Å². The van der Waals surface area contributed by atoms with Gasteiger partial charge in [-0.3, -0.25) is 4.79 Å². The zero-order chi connectivity index (χ0) is 13.0. The Morgan fingerprint density at radius 1 is 1.33 bits per heavy atom. The molecule has 1 aromatic carbocycles. The van der Waals surface area contributed by atoms with Gasteiger partial charge in [-0.1, -0.05) is 18.2 Å². The molecule has 1 atom stereocenters. The van der Waals surface area contributed by atoms with Crippen LogP contribution in [0.1, 0.15) is 36.5 Å². The van der Waals surface area contributed by atoms with Gasteiger partial charge in [-0.2, -0.15) is 0 Å². The maximum atomic E-state index is 12.2. The molecule has 3 heteroatoms. The minimum Gasteiger partial charge on any atom is -0.393 e. The summed E-state index contributed by atoms with van der Waals surface area (Å²) in [4.78, 5) is 14.1. The molecule has 0 saturated carbocycles. The highest BCUT2D eigenvalue weighted by molar-refractivity contribution is 5.94. The van der Waals surface area contributed by atoms with E-state index in [4.69, 9.17) is 0 Å². The van der Waals surface area contributed by atoms with Crippen molar-refractivity contribution >= 4 is 5.91 Å². The Morgan fingerprint density at radius 3 is 2.50 bits per heavy atom. The second-order valence-electron chi connectivity index (χ2n) is 5.19. The van der Waals surface area contributed by atoms with E-state index in [-0.39, 0.29) is 12.0 Å². The first-order chi connectivity index (χ1) is 8.66. The van der Waals surface area contributed by atoms with Gasteiger partial charge >= 0.3 is 0 Å². The van der Waals surface area contributed by atoms with Gasteiger partial charge in [0.2, 0.25) is 0 Å². The number of rotatable bonds is 3. The second kappa shape index (κ2) is 6.01. The molecule has 1 unspecified atom stereocenters. The van der Waals surface area contributed by atoms with Crippen LogP contribution >= 0.6 is 0 Å². The predicted molar refractivity (Wildman–Crippen MR) is 71.4 cm³/mol. The van der Waals surface area contributed by atoms with Crippen molar-refractivity contribution in [2.45, 2.75) is 32.3 Å². The minimum absolute atomic E-state index is 0.131. The van der Waals surface area contributed by atoms with Crippen molar-refractivity contribution in [3.63, 3.8) is 0 Å². The second-order valence-corrected chi connectivity index (χ2v) is 5.19. The van der Waals surface area contributed by atoms with Gasteiger partial charge in [0.05, 0.1) is 6.10 Å². The molecule has 0 spiro atoms. The molecule has 1 saturated heterocycles. The maximum absolute atomic E-state index is 12.2. The van der Waals surface area contributed by atoms with Crippen LogP contribution in [0.4, 0.5) is 0 Å². The lowest BCUT2D eigenvalue weighted by Crippen LogP contribution is -2.39. The monoisotopic (exact) mass is 247 g/mol. The summed E-state index contributed by atoms with van der Waals surface area (Å²) in [6, 6.07) is 9.45. The summed E-state index contributed by atoms with van der Waals surface area (Å²) in [6.07, 6.45) is 2.63. The normalized spacial score (nSPS) is 18.7. The van der Waals surface area contributed by atoms with Crippen LogP contribution in [-0.4, -0.2) is 35.1 Å². The van der Waals surface area contributed by atoms with Gasteiger partial charge in [-0.15, -0.1) is 0 Å². The van der Waals surface area contributed by atoms with Crippen LogP contribution in [0.5, 0.6) is 0 Å². The average Bonchev–Trinajstić information content (AvgIpc) is 2.39. The highest BCUT2D eigenvalue weighted by Crippen LogP contribution is 2.23. The molecular formula is C15H21NO2. The largest absolute Gasteiger partial charge is 0.393 e. The molecule has 0 aliphatic carbocycles. The van der Waals surface area contributed by atoms with Gasteiger partial charge < -0.3 is 10.0 Å². The van der Waals surface area contributed by atoms with Crippen LogP contribution in [-0.2, 0) is 0 Å². The Balaban J connectivity index is 1.88. The van der Waals surface area contributed by atoms with Crippen molar-refractivity contribution in [2.75, 3.05) is 13.1 Å². The molecule has 1 amide bonds. The van der Waals surface area contributed by atoms with E-state index in [1.165, 1.54) is 0 Å². The lowest BCUT2D eigenvalue weighted by atomic mass is 9.91. The van der Waals surface area contributed by atoms with Crippen LogP contribution in [0.15, 0.2) is 30.3 Å². The molecule has 1 N–H and O–H groups in total. The van der Waals surface area contributed by atoms with Crippen LogP contribution in [0, 0.1) is 5.92 Å². The van der Waals surface area contributed by atoms with E-state index in [1.807, 2.05) is 42.2 Å². The molecule has 1 aliphatic heterocycles. The number of hydrogen-bond acceptors (Lipinski definition) is 2. The van der Waals surface area contributed by atoms with Crippen molar-refractivity contribution in [3.05, 3.63) is 35.9 Å². The van der Waals surface area contributed by atoms with Crippen molar-refractivity contribution in [1.29, 1.82) is 0 Å². The standard InChI is InChI=1S/C15H21NO2/c1-12(17)11-13-7-9-16(10-8-13)15(18)14-5-3-2-4-6-14/h2-6,12-13,17H,7-11H2,1H3. The number of carbonyl (C=O) groups excluding carboxylic acids is 1. The number of amides is 1. The summed E-state index contributed by atoms with van der Waals surface area (Å²) in [6.45, 7) is 3.46. The third-order valence-corrected chi connectivity index (χ3v) is 3.60. The number of aliphatic hydroxyl groups excluding tert-OH is 1. The zero-order valence-electron chi connectivity index (χ0n) is 10.9. The van der Waals surface area contributed by atoms with Crippen molar-refractivity contribution in [2.24, 2.45) is 5.92 Å². The molecule has 2 rings (SSSR count). The summed E-state index contributed by atoms with van der Waals surface area (Å²) >= 11 is 0. The van der Waals surface area contributed by atoms with Gasteiger partial charge in [-0.05, 0) is 44.2 Å². The van der Waals surface area contributed by atoms with Gasteiger partial charge in [-0.25, -0.2) is 0 Å². The summed E-state index contributed by atoms with van der Waals surface area (Å²) in [5, 5.41) is 9.38. The third-order valence-electron chi connectivity index (χ3n) is 3.60. The molecule has 1 aliphatic rings. The van der Waals surface area contributed by atoms with Gasteiger partial charge in [0.15, 0.2) is 0 Å². The number of hydrogen-bond donors (Lipinski definition) is 1. The number of nitrogens with zero attached hydrogens (tertiary/aromatic N) is 1. The molecule has 1 fully saturated rings. The van der Waals surface area contributed by atoms with E-state index in [1.54, 1.807) is 0 Å². The van der Waals surface area contributed by atoms with E-state index in [2.05, 4.69) is 0 Å². The minimum atomic E-state index is -0.230. The SMILES string of the molecule is CC(O)CC1CCN(C(=O)c2ccccc2)CC1. The highest BCUT2D eigenvalue weighted by atomic mass is 16.3. The molecule has 18 heavy (non-hydrogen) atoms. The Bertz CT molecular complexity index is 381. The van der Waals surface area contributed by atoms with Crippen LogP contribution < -0.4 is 0 Å². The maximum Gasteiger partial charge on any atom is 0.253 e. The summed E-state index contributed by atoms with van der Waals surface area (Å²) < 4.78 is 0. The first-order valence-electron chi connectivity index (χ1n) is 6.69. The fraction of sp³-hybridized carbons (Fsp3) is 0.533. The van der Waals surface area contributed by atoms with Crippen molar-refractivity contribution in [3.8, 4) is 0 Å². The first-order valence-corrected chi connectivity index (χ1v) is 6.69. The molecule has 3 nitrogen and oxygen atoms in total. The van der Waals surface area contributed by atoms with E-state index >= 15 is 0 Å². The average molecular weight is 247 g/mol. The lowest BCUT2D eigenvalue weighted by Gasteiger charge is -2.32. The molecule has 0 radical (unpaired) electrons. The first kappa shape index (κ1) is 13.1. The molecule has 0 aromatic heterocycles. The Hall–Kier alpha value is -1.35. The van der Waals surface area contributed by atoms with Gasteiger partial charge in [0, 0.05) is 18.7 Å². The zero-order valence-corrected chi connectivity index (χ0v) is 10.9. The predicted octanol–water partition coefficient (Wildman–Crippen LogP) is 2.31. The number of carbonyl (C=O) groups is 1. The molecule has 98 valence electrons. The Kier molecular flexibility index (Phi) is 4.37. The molecule has 0 bridgehead atoms. The van der Waals surface area contributed by atoms with Crippen LogP contribution in [0.25, 0.3) is 0 Å². The fourth-order valence-electron chi connectivity index (χ4n) is 2.62. The highest BCUT2D eigenvalue weighted by Gasteiger charge is 2.24. The van der Waals surface area contributed by atoms with Gasteiger partial charge in [0.1, 0.15) is 0 Å². The summed E-state index contributed by atoms with van der Waals surface area (Å²) in [5.74, 6) is 0.691. The summed E-state index contributed by atoms with van der Waals surface area (Å²) in [5.41, 5.74) is 0.770. The Labute approximate surface area is 108 Å². The van der Waals surface area contributed by atoms with Crippen molar-refractivity contribution < 1.29 is 9.90 Å². The van der Waals surface area contributed by atoms with E-state index in [9.17, 15) is 9.90 Å². The number of piperidine rings is 1. The molecular weight excluding hydrogens is 226 g/mol. The number of likely N-dealkylation sites (tertiary alicyclic amines) is 1. The van der Waals surface area contributed by atoms with Crippen LogP contribution in [0.2, 0.25) is 0 Å². The van der Waals surface area contributed by atoms with Gasteiger partial charge in [0.25, 0.3) is 5.91 Å². The van der Waals surface area contributed by atoms with E-state index in [0.29, 0.717) is 5.92 Å². The lowest BCUT2D eigenvalue weighted by molar-refractivity contribution is 0.0655. The topological polar surface area (TPSA) is 40.5 Å². The Morgan fingerprint density at radius 2 is 1.94 bits per heavy atom. The smallest absolute Gasteiger partial charge is 0.253 e. The molecule has 1 heterocycles. The third kappa shape index (κ3) is 3.33. The summed E-state index contributed by atoms with van der Waals surface area (Å²) in [7, 11) is 0. The van der Waals surface area contributed by atoms with E-state index < -0.39 is 0 Å².